The maximum atomic E-state index is 13.1. The molecule has 1 aliphatic heterocycles. The number of alkyl halides is 3. The van der Waals surface area contributed by atoms with Gasteiger partial charge in [-0.15, -0.1) is 0 Å². The van der Waals surface area contributed by atoms with Gasteiger partial charge in [0.1, 0.15) is 5.56 Å². The highest BCUT2D eigenvalue weighted by Gasteiger charge is 2.39. The lowest BCUT2D eigenvalue weighted by Crippen LogP contribution is -2.37. The van der Waals surface area contributed by atoms with Crippen molar-refractivity contribution in [3.05, 3.63) is 33.9 Å². The normalized spacial score (nSPS) is 18.7. The molecule has 0 aliphatic carbocycles. The van der Waals surface area contributed by atoms with E-state index in [4.69, 9.17) is 0 Å². The average molecular weight is 331 g/mol. The molecule has 1 aromatic rings. The van der Waals surface area contributed by atoms with E-state index >= 15 is 0 Å². The van der Waals surface area contributed by atoms with Crippen LogP contribution in [0.1, 0.15) is 25.8 Å². The molecule has 1 atom stereocenters. The molecule has 8 heteroatoms. The lowest BCUT2D eigenvalue weighted by Gasteiger charge is -2.26. The van der Waals surface area contributed by atoms with Gasteiger partial charge in [-0.25, -0.2) is 0 Å². The zero-order chi connectivity index (χ0) is 17.2. The summed E-state index contributed by atoms with van der Waals surface area (Å²) in [5.41, 5.74) is -1.70. The molecule has 1 aromatic carbocycles. The van der Waals surface area contributed by atoms with Crippen molar-refractivity contribution in [2.75, 3.05) is 31.1 Å². The summed E-state index contributed by atoms with van der Waals surface area (Å²) in [6.45, 7) is 7.18. The number of likely N-dealkylation sites (N-methyl/N-ethyl adjacent to an activating group) is 1. The third-order valence-electron chi connectivity index (χ3n) is 4.34. The van der Waals surface area contributed by atoms with Gasteiger partial charge in [0.05, 0.1) is 4.92 Å². The fraction of sp³-hybridized carbons (Fsp3) is 0.600. The second-order valence-electron chi connectivity index (χ2n) is 5.57. The van der Waals surface area contributed by atoms with Crippen molar-refractivity contribution >= 4 is 11.4 Å². The van der Waals surface area contributed by atoms with E-state index in [9.17, 15) is 23.3 Å². The van der Waals surface area contributed by atoms with Crippen LogP contribution in [-0.4, -0.2) is 42.0 Å². The van der Waals surface area contributed by atoms with Crippen molar-refractivity contribution in [1.82, 2.24) is 4.90 Å². The molecule has 23 heavy (non-hydrogen) atoms. The molecular weight excluding hydrogens is 311 g/mol. The van der Waals surface area contributed by atoms with E-state index < -0.39 is 22.4 Å². The van der Waals surface area contributed by atoms with Crippen LogP contribution in [0.2, 0.25) is 0 Å². The smallest absolute Gasteiger partial charge is 0.370 e. The first-order valence-corrected chi connectivity index (χ1v) is 7.62. The number of hydrogen-bond acceptors (Lipinski definition) is 4. The monoisotopic (exact) mass is 331 g/mol. The van der Waals surface area contributed by atoms with Crippen LogP contribution >= 0.6 is 0 Å². The summed E-state index contributed by atoms with van der Waals surface area (Å²) in [5.74, 6) is 0. The molecule has 1 fully saturated rings. The van der Waals surface area contributed by atoms with Gasteiger partial charge < -0.3 is 4.90 Å². The zero-order valence-electron chi connectivity index (χ0n) is 13.1. The van der Waals surface area contributed by atoms with Crippen molar-refractivity contribution < 1.29 is 18.1 Å². The number of rotatable bonds is 5. The Bertz CT molecular complexity index is 574. The lowest BCUT2D eigenvalue weighted by atomic mass is 10.1. The predicted octanol–water partition coefficient (Wildman–Crippen LogP) is 3.53. The van der Waals surface area contributed by atoms with Gasteiger partial charge in [-0.3, -0.25) is 15.0 Å². The topological polar surface area (TPSA) is 49.6 Å². The number of nitro benzene ring substituents is 1. The highest BCUT2D eigenvalue weighted by Crippen LogP contribution is 2.39. The summed E-state index contributed by atoms with van der Waals surface area (Å²) in [7, 11) is 0. The molecule has 0 bridgehead atoms. The first kappa shape index (κ1) is 17.5. The Hall–Kier alpha value is -1.83. The van der Waals surface area contributed by atoms with E-state index in [1.165, 1.54) is 6.07 Å². The summed E-state index contributed by atoms with van der Waals surface area (Å²) in [4.78, 5) is 14.0. The van der Waals surface area contributed by atoms with E-state index in [2.05, 4.69) is 18.7 Å². The van der Waals surface area contributed by atoms with Crippen LogP contribution < -0.4 is 4.90 Å². The minimum atomic E-state index is -4.74. The SMILES string of the molecule is CCN(CC)C1CCN(c2ccc([N+](=O)[O-])c(C(F)(F)F)c2)C1. The largest absolute Gasteiger partial charge is 0.423 e. The summed E-state index contributed by atoms with van der Waals surface area (Å²) in [6.07, 6.45) is -3.86. The number of halogens is 3. The highest BCUT2D eigenvalue weighted by molar-refractivity contribution is 5.57. The second kappa shape index (κ2) is 6.74. The fourth-order valence-electron chi connectivity index (χ4n) is 3.12. The number of nitro groups is 1. The number of benzene rings is 1. The third-order valence-corrected chi connectivity index (χ3v) is 4.34. The van der Waals surface area contributed by atoms with Crippen molar-refractivity contribution in [3.8, 4) is 0 Å². The molecule has 5 nitrogen and oxygen atoms in total. The maximum absolute atomic E-state index is 13.1. The molecule has 2 rings (SSSR count). The Kier molecular flexibility index (Phi) is 5.13. The minimum Gasteiger partial charge on any atom is -0.370 e. The molecule has 1 aliphatic rings. The first-order chi connectivity index (χ1) is 10.8. The molecule has 1 heterocycles. The Morgan fingerprint density at radius 3 is 2.52 bits per heavy atom. The molecule has 0 aromatic heterocycles. The standard InChI is InChI=1S/C15H20F3N3O2/c1-3-19(4-2)12-7-8-20(10-12)11-5-6-14(21(22)23)13(9-11)15(16,17)18/h5-6,9,12H,3-4,7-8,10H2,1-2H3. The van der Waals surface area contributed by atoms with Gasteiger partial charge in [-0.1, -0.05) is 13.8 Å². The van der Waals surface area contributed by atoms with Crippen LogP contribution in [0, 0.1) is 10.1 Å². The molecule has 0 amide bonds. The minimum absolute atomic E-state index is 0.300. The number of nitrogens with zero attached hydrogens (tertiary/aromatic N) is 3. The summed E-state index contributed by atoms with van der Waals surface area (Å²) < 4.78 is 39.2. The molecule has 1 unspecified atom stereocenters. The molecule has 1 saturated heterocycles. The van der Waals surface area contributed by atoms with Gasteiger partial charge in [0.25, 0.3) is 5.69 Å². The Morgan fingerprint density at radius 2 is 2.00 bits per heavy atom. The first-order valence-electron chi connectivity index (χ1n) is 7.62. The Labute approximate surface area is 132 Å². The maximum Gasteiger partial charge on any atom is 0.423 e. The average Bonchev–Trinajstić information content (AvgIpc) is 2.96. The molecule has 0 N–H and O–H groups in total. The molecule has 128 valence electrons. The summed E-state index contributed by atoms with van der Waals surface area (Å²) in [5, 5.41) is 10.8. The number of anilines is 1. The van der Waals surface area contributed by atoms with Crippen LogP contribution in [0.15, 0.2) is 18.2 Å². The third kappa shape index (κ3) is 3.74. The van der Waals surface area contributed by atoms with Crippen LogP contribution in [0.5, 0.6) is 0 Å². The molecular formula is C15H20F3N3O2. The number of hydrogen-bond donors (Lipinski definition) is 0. The second-order valence-corrected chi connectivity index (χ2v) is 5.57. The van der Waals surface area contributed by atoms with Crippen molar-refractivity contribution in [3.63, 3.8) is 0 Å². The van der Waals surface area contributed by atoms with Gasteiger partial charge in [-0.05, 0) is 31.6 Å². The zero-order valence-corrected chi connectivity index (χ0v) is 13.1. The molecule has 0 saturated carbocycles. The molecule has 0 spiro atoms. The Morgan fingerprint density at radius 1 is 1.35 bits per heavy atom. The van der Waals surface area contributed by atoms with Crippen molar-refractivity contribution in [1.29, 1.82) is 0 Å². The van der Waals surface area contributed by atoms with E-state index in [-0.39, 0.29) is 0 Å². The summed E-state index contributed by atoms with van der Waals surface area (Å²) >= 11 is 0. The lowest BCUT2D eigenvalue weighted by molar-refractivity contribution is -0.388. The Balaban J connectivity index is 2.26. The highest BCUT2D eigenvalue weighted by atomic mass is 19.4. The van der Waals surface area contributed by atoms with Gasteiger partial charge in [0.2, 0.25) is 0 Å². The van der Waals surface area contributed by atoms with Crippen LogP contribution in [-0.2, 0) is 6.18 Å². The van der Waals surface area contributed by atoms with Gasteiger partial charge in [-0.2, -0.15) is 13.2 Å². The van der Waals surface area contributed by atoms with Crippen LogP contribution in [0.4, 0.5) is 24.5 Å². The van der Waals surface area contributed by atoms with Crippen LogP contribution in [0.25, 0.3) is 0 Å². The van der Waals surface area contributed by atoms with Crippen LogP contribution in [0.3, 0.4) is 0 Å². The van der Waals surface area contributed by atoms with E-state index in [1.54, 1.807) is 0 Å². The summed E-state index contributed by atoms with van der Waals surface area (Å²) in [6, 6.07) is 3.54. The predicted molar refractivity (Wildman–Crippen MR) is 81.6 cm³/mol. The quantitative estimate of drug-likeness (QED) is 0.612. The van der Waals surface area contributed by atoms with E-state index in [0.717, 1.165) is 31.6 Å². The van der Waals surface area contributed by atoms with Crippen molar-refractivity contribution in [2.24, 2.45) is 0 Å². The van der Waals surface area contributed by atoms with Gasteiger partial charge >= 0.3 is 6.18 Å². The van der Waals surface area contributed by atoms with Gasteiger partial charge in [0, 0.05) is 30.9 Å². The molecule has 0 radical (unpaired) electrons. The fourth-order valence-corrected chi connectivity index (χ4v) is 3.12. The van der Waals surface area contributed by atoms with Crippen molar-refractivity contribution in [2.45, 2.75) is 32.5 Å². The van der Waals surface area contributed by atoms with Gasteiger partial charge in [0.15, 0.2) is 0 Å². The van der Waals surface area contributed by atoms with E-state index in [1.807, 2.05) is 4.90 Å². The van der Waals surface area contributed by atoms with E-state index in [0.29, 0.717) is 24.8 Å².